The van der Waals surface area contributed by atoms with Gasteiger partial charge in [-0.1, -0.05) is 0 Å². The van der Waals surface area contributed by atoms with Crippen LogP contribution in [0.4, 0.5) is 11.5 Å². The van der Waals surface area contributed by atoms with E-state index in [4.69, 9.17) is 11.7 Å². The molecule has 0 fully saturated rings. The lowest BCUT2D eigenvalue weighted by molar-refractivity contribution is 1.12. The van der Waals surface area contributed by atoms with Gasteiger partial charge in [-0.25, -0.2) is 15.8 Å². The molecule has 0 unspecified atom stereocenters. The van der Waals surface area contributed by atoms with Crippen LogP contribution in [0.3, 0.4) is 0 Å². The Labute approximate surface area is 57.6 Å². The van der Waals surface area contributed by atoms with Gasteiger partial charge < -0.3 is 10.9 Å². The Morgan fingerprint density at radius 1 is 1.30 bits per heavy atom. The summed E-state index contributed by atoms with van der Waals surface area (Å²) >= 11 is 0. The highest BCUT2D eigenvalue weighted by molar-refractivity contribution is 5.60. The first-order valence-electron chi connectivity index (χ1n) is 2.61. The van der Waals surface area contributed by atoms with Gasteiger partial charge in [0.05, 0.1) is 6.20 Å². The highest BCUT2D eigenvalue weighted by Crippen LogP contribution is 2.11. The van der Waals surface area contributed by atoms with E-state index in [1.165, 1.54) is 12.5 Å². The summed E-state index contributed by atoms with van der Waals surface area (Å²) in [5.74, 6) is 10.7. The SMILES string of the molecule is NNc1cncnc1NN. The van der Waals surface area contributed by atoms with Crippen LogP contribution in [0.2, 0.25) is 0 Å². The van der Waals surface area contributed by atoms with E-state index in [-0.39, 0.29) is 0 Å². The number of anilines is 2. The van der Waals surface area contributed by atoms with Gasteiger partial charge in [-0.2, -0.15) is 0 Å². The zero-order chi connectivity index (χ0) is 7.40. The van der Waals surface area contributed by atoms with Crippen LogP contribution in [0.25, 0.3) is 0 Å². The van der Waals surface area contributed by atoms with E-state index in [9.17, 15) is 0 Å². The van der Waals surface area contributed by atoms with Gasteiger partial charge >= 0.3 is 0 Å². The van der Waals surface area contributed by atoms with Crippen LogP contribution in [0.1, 0.15) is 0 Å². The van der Waals surface area contributed by atoms with Crippen molar-refractivity contribution in [3.63, 3.8) is 0 Å². The topological polar surface area (TPSA) is 102 Å². The molecule has 0 aliphatic heterocycles. The van der Waals surface area contributed by atoms with Gasteiger partial charge in [-0.3, -0.25) is 5.84 Å². The molecule has 0 aliphatic carbocycles. The van der Waals surface area contributed by atoms with E-state index in [1.807, 2.05) is 0 Å². The maximum Gasteiger partial charge on any atom is 0.168 e. The standard InChI is InChI=1S/C4H8N6/c5-9-3-1-7-2-8-4(3)10-6/h1-2,9H,5-6H2,(H,7,8,10). The van der Waals surface area contributed by atoms with Crippen LogP contribution >= 0.6 is 0 Å². The zero-order valence-electron chi connectivity index (χ0n) is 5.20. The first-order chi connectivity index (χ1) is 4.88. The fourth-order valence-electron chi connectivity index (χ4n) is 0.550. The summed E-state index contributed by atoms with van der Waals surface area (Å²) in [6, 6.07) is 0. The summed E-state index contributed by atoms with van der Waals surface area (Å²) in [6.07, 6.45) is 2.89. The summed E-state index contributed by atoms with van der Waals surface area (Å²) in [7, 11) is 0. The average molecular weight is 140 g/mol. The third-order valence-corrected chi connectivity index (χ3v) is 1.00. The second-order valence-electron chi connectivity index (χ2n) is 1.57. The van der Waals surface area contributed by atoms with Gasteiger partial charge in [0.2, 0.25) is 0 Å². The van der Waals surface area contributed by atoms with Crippen LogP contribution in [0.15, 0.2) is 12.5 Å². The molecule has 0 amide bonds. The second kappa shape index (κ2) is 2.95. The molecule has 1 heterocycles. The third kappa shape index (κ3) is 1.12. The Balaban J connectivity index is 2.96. The summed E-state index contributed by atoms with van der Waals surface area (Å²) in [5, 5.41) is 0. The van der Waals surface area contributed by atoms with Gasteiger partial charge in [0.1, 0.15) is 12.0 Å². The molecule has 0 spiro atoms. The Morgan fingerprint density at radius 3 is 2.60 bits per heavy atom. The minimum Gasteiger partial charge on any atom is -0.320 e. The van der Waals surface area contributed by atoms with Crippen molar-refractivity contribution in [2.75, 3.05) is 10.9 Å². The van der Waals surface area contributed by atoms with Gasteiger partial charge in [-0.05, 0) is 0 Å². The maximum absolute atomic E-state index is 5.10. The van der Waals surface area contributed by atoms with Crippen LogP contribution in [-0.2, 0) is 0 Å². The van der Waals surface area contributed by atoms with Crippen molar-refractivity contribution >= 4 is 11.5 Å². The predicted molar refractivity (Wildman–Crippen MR) is 37.7 cm³/mol. The molecule has 6 heteroatoms. The monoisotopic (exact) mass is 140 g/mol. The Bertz CT molecular complexity index is 188. The van der Waals surface area contributed by atoms with E-state index in [2.05, 4.69) is 20.8 Å². The molecule has 0 aliphatic rings. The summed E-state index contributed by atoms with van der Waals surface area (Å²) in [6.45, 7) is 0. The molecule has 0 aromatic carbocycles. The normalized spacial score (nSPS) is 9.00. The predicted octanol–water partition coefficient (Wildman–Crippen LogP) is -0.952. The van der Waals surface area contributed by atoms with Crippen LogP contribution in [0, 0.1) is 0 Å². The molecule has 54 valence electrons. The van der Waals surface area contributed by atoms with Crippen molar-refractivity contribution in [3.8, 4) is 0 Å². The number of hydrazine groups is 2. The van der Waals surface area contributed by atoms with Gasteiger partial charge in [0.25, 0.3) is 0 Å². The van der Waals surface area contributed by atoms with Crippen molar-refractivity contribution in [2.24, 2.45) is 11.7 Å². The van der Waals surface area contributed by atoms with E-state index >= 15 is 0 Å². The Kier molecular flexibility index (Phi) is 1.98. The zero-order valence-corrected chi connectivity index (χ0v) is 5.20. The molecule has 10 heavy (non-hydrogen) atoms. The second-order valence-corrected chi connectivity index (χ2v) is 1.57. The molecule has 0 atom stereocenters. The number of aromatic nitrogens is 2. The Hall–Kier alpha value is -1.40. The van der Waals surface area contributed by atoms with E-state index < -0.39 is 0 Å². The number of hydrogen-bond acceptors (Lipinski definition) is 6. The van der Waals surface area contributed by atoms with Crippen molar-refractivity contribution in [1.29, 1.82) is 0 Å². The average Bonchev–Trinajstić information content (AvgIpc) is 2.04. The molecular formula is C4H8N6. The van der Waals surface area contributed by atoms with Crippen molar-refractivity contribution in [1.82, 2.24) is 9.97 Å². The van der Waals surface area contributed by atoms with Crippen LogP contribution in [-0.4, -0.2) is 9.97 Å². The molecule has 1 aromatic heterocycles. The lowest BCUT2D eigenvalue weighted by Crippen LogP contribution is -2.15. The molecule has 0 bridgehead atoms. The largest absolute Gasteiger partial charge is 0.320 e. The molecule has 0 radical (unpaired) electrons. The maximum atomic E-state index is 5.10. The summed E-state index contributed by atoms with van der Waals surface area (Å²) in [4.78, 5) is 7.49. The number of hydrogen-bond donors (Lipinski definition) is 4. The van der Waals surface area contributed by atoms with Crippen molar-refractivity contribution in [2.45, 2.75) is 0 Å². The first-order valence-corrected chi connectivity index (χ1v) is 2.61. The Morgan fingerprint density at radius 2 is 2.10 bits per heavy atom. The smallest absolute Gasteiger partial charge is 0.168 e. The van der Waals surface area contributed by atoms with Gasteiger partial charge in [-0.15, -0.1) is 0 Å². The number of nitrogens with one attached hydrogen (secondary N) is 2. The number of nitrogens with zero attached hydrogens (tertiary/aromatic N) is 2. The van der Waals surface area contributed by atoms with E-state index in [0.717, 1.165) is 0 Å². The number of nitrogens with two attached hydrogens (primary N) is 2. The fraction of sp³-hybridized carbons (Fsp3) is 0. The van der Waals surface area contributed by atoms with E-state index in [1.54, 1.807) is 0 Å². The quantitative estimate of drug-likeness (QED) is 0.312. The molecule has 6 N–H and O–H groups in total. The first kappa shape index (κ1) is 6.72. The summed E-state index contributed by atoms with van der Waals surface area (Å²) in [5.41, 5.74) is 5.29. The van der Waals surface area contributed by atoms with Crippen LogP contribution < -0.4 is 22.5 Å². The lowest BCUT2D eigenvalue weighted by atomic mass is 10.5. The highest BCUT2D eigenvalue weighted by atomic mass is 15.3. The molecule has 1 aromatic rings. The molecule has 6 nitrogen and oxygen atoms in total. The summed E-state index contributed by atoms with van der Waals surface area (Å²) < 4.78 is 0. The number of nitrogen functional groups attached to an aromatic ring is 2. The highest BCUT2D eigenvalue weighted by Gasteiger charge is 1.96. The molecule has 1 rings (SSSR count). The molecular weight excluding hydrogens is 132 g/mol. The minimum atomic E-state index is 0.470. The van der Waals surface area contributed by atoms with Crippen molar-refractivity contribution in [3.05, 3.63) is 12.5 Å². The molecule has 0 saturated carbocycles. The molecule has 0 saturated heterocycles. The van der Waals surface area contributed by atoms with E-state index in [0.29, 0.717) is 11.5 Å². The minimum absolute atomic E-state index is 0.470. The van der Waals surface area contributed by atoms with Crippen molar-refractivity contribution < 1.29 is 0 Å². The lowest BCUT2D eigenvalue weighted by Gasteiger charge is -2.03. The number of rotatable bonds is 2. The third-order valence-electron chi connectivity index (χ3n) is 1.00. The van der Waals surface area contributed by atoms with Gasteiger partial charge in [0.15, 0.2) is 5.82 Å². The fourth-order valence-corrected chi connectivity index (χ4v) is 0.550. The van der Waals surface area contributed by atoms with Gasteiger partial charge in [0, 0.05) is 0 Å². The van der Waals surface area contributed by atoms with Crippen LogP contribution in [0.5, 0.6) is 0 Å².